The molecule has 0 aromatic heterocycles. The number of alkyl carbamates (subject to hydrolysis) is 1. The Bertz CT molecular complexity index is 930. The first-order valence-electron chi connectivity index (χ1n) is 12.5. The molecule has 198 valence electrons. The Morgan fingerprint density at radius 2 is 1.56 bits per heavy atom. The Morgan fingerprint density at radius 1 is 0.944 bits per heavy atom. The second-order valence-electron chi connectivity index (χ2n) is 10.4. The van der Waals surface area contributed by atoms with Gasteiger partial charge in [0.2, 0.25) is 0 Å². The quantitative estimate of drug-likeness (QED) is 0.202. The molecular weight excluding hydrogens is 474 g/mol. The van der Waals surface area contributed by atoms with Gasteiger partial charge < -0.3 is 24.3 Å². The van der Waals surface area contributed by atoms with E-state index in [-0.39, 0.29) is 18.3 Å². The summed E-state index contributed by atoms with van der Waals surface area (Å²) >= 11 is 0. The van der Waals surface area contributed by atoms with E-state index in [0.29, 0.717) is 18.6 Å². The van der Waals surface area contributed by atoms with Gasteiger partial charge in [-0.1, -0.05) is 69.3 Å². The minimum absolute atomic E-state index is 0.124. The topological polar surface area (TPSA) is 94.1 Å². The summed E-state index contributed by atoms with van der Waals surface area (Å²) in [6.07, 6.45) is 0.297. The normalized spacial score (nSPS) is 13.5. The summed E-state index contributed by atoms with van der Waals surface area (Å²) in [5, 5.41) is 13.6. The minimum Gasteiger partial charge on any atom is -0.459 e. The lowest BCUT2D eigenvalue weighted by molar-refractivity contribution is 0.0136. The van der Waals surface area contributed by atoms with Crippen molar-refractivity contribution in [2.24, 2.45) is 0 Å². The predicted molar refractivity (Wildman–Crippen MR) is 143 cm³/mol. The number of amides is 1. The second-order valence-corrected chi connectivity index (χ2v) is 15.3. The van der Waals surface area contributed by atoms with E-state index >= 15 is 0 Å². The van der Waals surface area contributed by atoms with E-state index in [1.807, 2.05) is 30.3 Å². The molecule has 8 heteroatoms. The van der Waals surface area contributed by atoms with E-state index in [4.69, 9.17) is 13.9 Å². The van der Waals surface area contributed by atoms with Gasteiger partial charge in [-0.05, 0) is 55.1 Å². The van der Waals surface area contributed by atoms with Crippen LogP contribution in [0.1, 0.15) is 56.0 Å². The third-order valence-electron chi connectivity index (χ3n) is 6.55. The van der Waals surface area contributed by atoms with Gasteiger partial charge in [0.1, 0.15) is 19.3 Å². The Balaban J connectivity index is 1.89. The molecule has 0 saturated carbocycles. The van der Waals surface area contributed by atoms with E-state index in [1.54, 1.807) is 30.3 Å². The van der Waals surface area contributed by atoms with Crippen LogP contribution in [0.4, 0.5) is 4.79 Å². The minimum atomic E-state index is -1.83. The lowest BCUT2D eigenvalue weighted by Crippen LogP contribution is -2.46. The number of unbranched alkanes of at least 4 members (excludes halogenated alkanes) is 1. The molecule has 0 unspecified atom stereocenters. The lowest BCUT2D eigenvalue weighted by Gasteiger charge is -2.36. The summed E-state index contributed by atoms with van der Waals surface area (Å²) in [6.45, 7) is 11.5. The van der Waals surface area contributed by atoms with Gasteiger partial charge in [0.05, 0.1) is 11.6 Å². The molecule has 0 aliphatic carbocycles. The number of aliphatic hydroxyl groups excluding tert-OH is 1. The average molecular weight is 516 g/mol. The fourth-order valence-corrected chi connectivity index (χ4v) is 4.31. The molecule has 0 aliphatic heterocycles. The number of carbonyl (C=O) groups excluding carboxylic acids is 2. The number of hydrogen-bond donors (Lipinski definition) is 2. The van der Waals surface area contributed by atoms with E-state index in [1.165, 1.54) is 0 Å². The molecule has 0 spiro atoms. The summed E-state index contributed by atoms with van der Waals surface area (Å²) < 4.78 is 16.8. The van der Waals surface area contributed by atoms with Gasteiger partial charge in [-0.2, -0.15) is 0 Å². The molecular formula is C28H41NO6Si. The van der Waals surface area contributed by atoms with Crippen LogP contribution in [0.25, 0.3) is 0 Å². The van der Waals surface area contributed by atoms with Gasteiger partial charge in [0.15, 0.2) is 8.32 Å². The molecule has 1 amide bonds. The van der Waals surface area contributed by atoms with Crippen LogP contribution in [0.2, 0.25) is 18.1 Å². The highest BCUT2D eigenvalue weighted by Crippen LogP contribution is 2.36. The number of aliphatic hydroxyl groups is 1. The zero-order valence-corrected chi connectivity index (χ0v) is 23.2. The number of esters is 1. The van der Waals surface area contributed by atoms with Gasteiger partial charge >= 0.3 is 12.1 Å². The number of carbonyl (C=O) groups is 2. The first kappa shape index (κ1) is 29.5. The number of ether oxygens (including phenoxy) is 2. The van der Waals surface area contributed by atoms with Crippen molar-refractivity contribution in [3.05, 3.63) is 71.8 Å². The monoisotopic (exact) mass is 515 g/mol. The molecule has 2 N–H and O–H groups in total. The van der Waals surface area contributed by atoms with Gasteiger partial charge in [-0.15, -0.1) is 0 Å². The number of benzene rings is 2. The van der Waals surface area contributed by atoms with E-state index in [2.05, 4.69) is 39.2 Å². The summed E-state index contributed by atoms with van der Waals surface area (Å²) in [5.74, 6) is -0.525. The van der Waals surface area contributed by atoms with Crippen LogP contribution in [-0.2, 0) is 20.5 Å². The van der Waals surface area contributed by atoms with Crippen molar-refractivity contribution < 1.29 is 28.6 Å². The van der Waals surface area contributed by atoms with E-state index in [9.17, 15) is 14.7 Å². The number of rotatable bonds is 13. The highest BCUT2D eigenvalue weighted by Gasteiger charge is 2.36. The Labute approximate surface area is 216 Å². The summed E-state index contributed by atoms with van der Waals surface area (Å²) in [5.41, 5.74) is 1.27. The average Bonchev–Trinajstić information content (AvgIpc) is 2.85. The first-order chi connectivity index (χ1) is 17.0. The van der Waals surface area contributed by atoms with Crippen LogP contribution in [0.5, 0.6) is 0 Å². The zero-order valence-electron chi connectivity index (χ0n) is 22.2. The fourth-order valence-electron chi connectivity index (χ4n) is 3.22. The maximum atomic E-state index is 12.5. The largest absolute Gasteiger partial charge is 0.459 e. The molecule has 0 saturated heterocycles. The molecule has 2 atom stereocenters. The van der Waals surface area contributed by atoms with Crippen molar-refractivity contribution in [1.82, 2.24) is 5.32 Å². The maximum Gasteiger partial charge on any atom is 0.407 e. The molecule has 2 aromatic carbocycles. The molecule has 2 aromatic rings. The van der Waals surface area contributed by atoms with Crippen molar-refractivity contribution in [2.45, 2.75) is 76.9 Å². The molecule has 0 bridgehead atoms. The van der Waals surface area contributed by atoms with Gasteiger partial charge in [-0.3, -0.25) is 0 Å². The SMILES string of the molecule is CC(C)(C)[Si](C)(C)OCCCC[C@H](NC(=O)OCc1ccccc1)[C@H](O)COC(=O)c1ccccc1. The van der Waals surface area contributed by atoms with Crippen LogP contribution < -0.4 is 5.32 Å². The molecule has 0 fully saturated rings. The van der Waals surface area contributed by atoms with Crippen LogP contribution in [-0.4, -0.2) is 50.8 Å². The number of hydrogen-bond acceptors (Lipinski definition) is 6. The van der Waals surface area contributed by atoms with Crippen LogP contribution >= 0.6 is 0 Å². The molecule has 2 rings (SSSR count). The lowest BCUT2D eigenvalue weighted by atomic mass is 10.0. The third-order valence-corrected chi connectivity index (χ3v) is 11.1. The maximum absolute atomic E-state index is 12.5. The Morgan fingerprint density at radius 3 is 2.17 bits per heavy atom. The second kappa shape index (κ2) is 14.2. The molecule has 0 aliphatic rings. The first-order valence-corrected chi connectivity index (χ1v) is 15.4. The highest BCUT2D eigenvalue weighted by atomic mass is 28.4. The molecule has 0 heterocycles. The van der Waals surface area contributed by atoms with Gasteiger partial charge in [0, 0.05) is 6.61 Å². The molecule has 0 radical (unpaired) electrons. The fraction of sp³-hybridized carbons (Fsp3) is 0.500. The molecule has 36 heavy (non-hydrogen) atoms. The van der Waals surface area contributed by atoms with Crippen LogP contribution in [0, 0.1) is 0 Å². The zero-order chi connectivity index (χ0) is 26.6. The summed E-state index contributed by atoms with van der Waals surface area (Å²) in [6, 6.07) is 17.3. The van der Waals surface area contributed by atoms with Crippen molar-refractivity contribution in [3.8, 4) is 0 Å². The Kier molecular flexibility index (Phi) is 11.6. The van der Waals surface area contributed by atoms with Crippen molar-refractivity contribution in [3.63, 3.8) is 0 Å². The summed E-state index contributed by atoms with van der Waals surface area (Å²) in [4.78, 5) is 24.7. The van der Waals surface area contributed by atoms with E-state index < -0.39 is 32.5 Å². The van der Waals surface area contributed by atoms with Crippen molar-refractivity contribution in [2.75, 3.05) is 13.2 Å². The number of nitrogens with one attached hydrogen (secondary N) is 1. The Hall–Kier alpha value is -2.68. The smallest absolute Gasteiger partial charge is 0.407 e. The predicted octanol–water partition coefficient (Wildman–Crippen LogP) is 5.69. The highest BCUT2D eigenvalue weighted by molar-refractivity contribution is 6.74. The van der Waals surface area contributed by atoms with Crippen LogP contribution in [0.15, 0.2) is 60.7 Å². The van der Waals surface area contributed by atoms with Crippen LogP contribution in [0.3, 0.4) is 0 Å². The standard InChI is InChI=1S/C28H41NO6Si/c1-28(2,3)36(4,5)35-19-13-12-18-24(29-27(32)34-20-22-14-8-6-9-15-22)25(30)21-33-26(31)23-16-10-7-11-17-23/h6-11,14-17,24-25,30H,12-13,18-21H2,1-5H3,(H,29,32)/t24-,25+/m0/s1. The van der Waals surface area contributed by atoms with Crippen molar-refractivity contribution in [1.29, 1.82) is 0 Å². The van der Waals surface area contributed by atoms with E-state index in [0.717, 1.165) is 18.4 Å². The van der Waals surface area contributed by atoms with Gasteiger partial charge in [0.25, 0.3) is 0 Å². The van der Waals surface area contributed by atoms with Crippen molar-refractivity contribution >= 4 is 20.4 Å². The van der Waals surface area contributed by atoms with Gasteiger partial charge in [-0.25, -0.2) is 9.59 Å². The molecule has 7 nitrogen and oxygen atoms in total. The summed E-state index contributed by atoms with van der Waals surface area (Å²) in [7, 11) is -1.83. The third kappa shape index (κ3) is 10.1.